The van der Waals surface area contributed by atoms with E-state index in [1.807, 2.05) is 26.0 Å². The van der Waals surface area contributed by atoms with Crippen LogP contribution < -0.4 is 5.32 Å². The third-order valence-corrected chi connectivity index (χ3v) is 14.1. The number of nitriles is 1. The molecule has 234 valence electrons. The number of Topliss-reactive ketones (excluding diaryl/α,β-unsaturated/α-hetero) is 1. The lowest BCUT2D eigenvalue weighted by molar-refractivity contribution is -0.161. The number of nitrogens with one attached hydrogen (secondary N) is 1. The summed E-state index contributed by atoms with van der Waals surface area (Å²) >= 11 is 0. The molecule has 1 saturated heterocycles. The van der Waals surface area contributed by atoms with E-state index in [0.717, 1.165) is 82.3 Å². The van der Waals surface area contributed by atoms with Gasteiger partial charge in [0.2, 0.25) is 0 Å². The molecule has 43 heavy (non-hydrogen) atoms. The van der Waals surface area contributed by atoms with Crippen molar-refractivity contribution >= 4 is 11.6 Å². The fourth-order valence-electron chi connectivity index (χ4n) is 11.4. The highest BCUT2D eigenvalue weighted by Gasteiger charge is 2.70. The number of aliphatic hydroxyl groups is 1. The lowest BCUT2D eigenvalue weighted by atomic mass is 9.35. The van der Waals surface area contributed by atoms with Gasteiger partial charge in [-0.3, -0.25) is 9.59 Å². The van der Waals surface area contributed by atoms with Crippen molar-refractivity contribution in [2.75, 3.05) is 13.1 Å². The summed E-state index contributed by atoms with van der Waals surface area (Å²) in [5, 5.41) is 24.1. The van der Waals surface area contributed by atoms with Gasteiger partial charge < -0.3 is 15.3 Å². The number of nitrogens with zero attached hydrogens (tertiary/aromatic N) is 2. The molecule has 6 nitrogen and oxygen atoms in total. The van der Waals surface area contributed by atoms with Crippen molar-refractivity contribution in [1.29, 1.82) is 5.26 Å². The largest absolute Gasteiger partial charge is 0.393 e. The van der Waals surface area contributed by atoms with Crippen LogP contribution in [0.2, 0.25) is 0 Å². The van der Waals surface area contributed by atoms with Gasteiger partial charge in [0.1, 0.15) is 6.07 Å². The average molecular weight is 588 g/mol. The number of carbonyl (C=O) groups is 2. The highest BCUT2D eigenvalue weighted by Crippen LogP contribution is 2.73. The van der Waals surface area contributed by atoms with E-state index in [4.69, 9.17) is 0 Å². The first-order chi connectivity index (χ1) is 19.9. The number of likely N-dealkylation sites (tertiary alicyclic amines) is 1. The Kier molecular flexibility index (Phi) is 6.81. The summed E-state index contributed by atoms with van der Waals surface area (Å²) in [7, 11) is 0. The maximum atomic E-state index is 14.7. The zero-order valence-corrected chi connectivity index (χ0v) is 27.6. The van der Waals surface area contributed by atoms with Crippen molar-refractivity contribution in [2.45, 2.75) is 118 Å². The Balaban J connectivity index is 1.43. The van der Waals surface area contributed by atoms with Crippen molar-refractivity contribution in [2.24, 2.45) is 44.8 Å². The van der Waals surface area contributed by atoms with E-state index in [2.05, 4.69) is 57.5 Å². The summed E-state index contributed by atoms with van der Waals surface area (Å²) in [6.07, 6.45) is 12.2. The van der Waals surface area contributed by atoms with E-state index in [9.17, 15) is 20.0 Å². The molecule has 3 saturated carbocycles. The van der Waals surface area contributed by atoms with Crippen LogP contribution in [-0.2, 0) is 9.59 Å². The number of fused-ring (bicyclic) bond motifs is 7. The quantitative estimate of drug-likeness (QED) is 0.393. The molecule has 6 aliphatic rings. The molecular formula is C37H53N3O3. The molecule has 1 heterocycles. The smallest absolute Gasteiger partial charge is 0.178 e. The molecule has 0 bridgehead atoms. The zero-order chi connectivity index (χ0) is 31.4. The number of carbonyl (C=O) groups excluding carboxylic acids is 2. The lowest BCUT2D eigenvalue weighted by Crippen LogP contribution is -2.69. The van der Waals surface area contributed by atoms with Crippen molar-refractivity contribution < 1.29 is 14.7 Å². The first-order valence-electron chi connectivity index (χ1n) is 16.8. The standard InChI is InChI=1S/C37H53N3O3/c1-23(40-17-10-25(41)11-18-40)39-37-15-13-32(2,3)21-26(37)30-27(42)19-29-34(6)20-24(22-38)31(43)33(4,5)28(34)9-12-35(29,7)36(30,8)14-16-37/h19-20,25-26,28,30,39,41H,1,9-18,21H2,2-8H3/t26?,28-,30?,34-,35+,36+,37-/m0/s1. The summed E-state index contributed by atoms with van der Waals surface area (Å²) in [5.74, 6) is 1.26. The molecule has 5 aliphatic carbocycles. The third kappa shape index (κ3) is 4.19. The van der Waals surface area contributed by atoms with Gasteiger partial charge in [-0.1, -0.05) is 66.7 Å². The molecule has 7 atom stereocenters. The second-order valence-corrected chi connectivity index (χ2v) is 17.2. The Hall–Kier alpha value is -2.39. The van der Waals surface area contributed by atoms with Gasteiger partial charge in [-0.2, -0.15) is 5.26 Å². The van der Waals surface area contributed by atoms with Crippen LogP contribution in [0.4, 0.5) is 0 Å². The average Bonchev–Trinajstić information content (AvgIpc) is 2.93. The molecule has 0 aromatic heterocycles. The lowest BCUT2D eigenvalue weighted by Gasteiger charge is -2.69. The van der Waals surface area contributed by atoms with Crippen LogP contribution in [-0.4, -0.2) is 46.3 Å². The van der Waals surface area contributed by atoms with Gasteiger partial charge in [-0.25, -0.2) is 0 Å². The monoisotopic (exact) mass is 587 g/mol. The summed E-state index contributed by atoms with van der Waals surface area (Å²) in [5.41, 5.74) is -0.229. The molecular weight excluding hydrogens is 534 g/mol. The van der Waals surface area contributed by atoms with Crippen LogP contribution in [0.25, 0.3) is 0 Å². The van der Waals surface area contributed by atoms with Crippen LogP contribution in [0.5, 0.6) is 0 Å². The normalized spacial score (nSPS) is 43.6. The molecule has 0 radical (unpaired) electrons. The minimum atomic E-state index is -0.651. The maximum absolute atomic E-state index is 14.7. The zero-order valence-electron chi connectivity index (χ0n) is 27.6. The number of hydrogen-bond donors (Lipinski definition) is 2. The predicted molar refractivity (Wildman–Crippen MR) is 168 cm³/mol. The molecule has 0 amide bonds. The van der Waals surface area contributed by atoms with E-state index < -0.39 is 10.8 Å². The second kappa shape index (κ2) is 9.56. The SMILES string of the molecule is C=C(N[C@]12CCC(C)(C)CC1C1C(=O)C=C3[C@@]4(C)C=C(C#N)C(=O)C(C)(C)[C@@H]4CC[C@@]3(C)[C@]1(C)CC2)N1CCC(O)CC1. The van der Waals surface area contributed by atoms with E-state index >= 15 is 0 Å². The molecule has 1 aliphatic heterocycles. The predicted octanol–water partition coefficient (Wildman–Crippen LogP) is 6.48. The summed E-state index contributed by atoms with van der Waals surface area (Å²) < 4.78 is 0. The Morgan fingerprint density at radius 2 is 1.65 bits per heavy atom. The van der Waals surface area contributed by atoms with Crippen LogP contribution in [0.15, 0.2) is 35.7 Å². The Morgan fingerprint density at radius 1 is 1.00 bits per heavy atom. The Labute approximate surface area is 259 Å². The number of rotatable bonds is 3. The third-order valence-electron chi connectivity index (χ3n) is 14.1. The van der Waals surface area contributed by atoms with E-state index in [-0.39, 0.29) is 62.8 Å². The van der Waals surface area contributed by atoms with Gasteiger partial charge in [0.05, 0.1) is 17.5 Å². The second-order valence-electron chi connectivity index (χ2n) is 17.2. The number of allylic oxidation sites excluding steroid dienone is 4. The minimum absolute atomic E-state index is 0.0567. The van der Waals surface area contributed by atoms with Gasteiger partial charge in [0.15, 0.2) is 11.6 Å². The number of piperidine rings is 1. The van der Waals surface area contributed by atoms with Crippen LogP contribution >= 0.6 is 0 Å². The van der Waals surface area contributed by atoms with Crippen molar-refractivity contribution in [1.82, 2.24) is 10.2 Å². The van der Waals surface area contributed by atoms with Crippen LogP contribution in [0, 0.1) is 56.2 Å². The molecule has 2 N–H and O–H groups in total. The van der Waals surface area contributed by atoms with Gasteiger partial charge in [-0.05, 0) is 91.9 Å². The summed E-state index contributed by atoms with van der Waals surface area (Å²) in [6.45, 7) is 21.8. The van der Waals surface area contributed by atoms with E-state index in [0.29, 0.717) is 0 Å². The fourth-order valence-corrected chi connectivity index (χ4v) is 11.4. The molecule has 6 heteroatoms. The van der Waals surface area contributed by atoms with Gasteiger partial charge in [0.25, 0.3) is 0 Å². The highest BCUT2D eigenvalue weighted by molar-refractivity contribution is 6.04. The highest BCUT2D eigenvalue weighted by atomic mass is 16.3. The molecule has 2 unspecified atom stereocenters. The first kappa shape index (κ1) is 30.6. The first-order valence-corrected chi connectivity index (χ1v) is 16.8. The summed E-state index contributed by atoms with van der Waals surface area (Å²) in [6, 6.07) is 2.22. The number of ketones is 2. The summed E-state index contributed by atoms with van der Waals surface area (Å²) in [4.78, 5) is 30.4. The number of aliphatic hydroxyl groups excluding tert-OH is 1. The van der Waals surface area contributed by atoms with Crippen molar-refractivity contribution in [3.05, 3.63) is 35.7 Å². The van der Waals surface area contributed by atoms with Crippen LogP contribution in [0.3, 0.4) is 0 Å². The topological polar surface area (TPSA) is 93.4 Å². The number of hydrogen-bond acceptors (Lipinski definition) is 6. The minimum Gasteiger partial charge on any atom is -0.393 e. The van der Waals surface area contributed by atoms with Gasteiger partial charge in [0, 0.05) is 35.4 Å². The molecule has 0 spiro atoms. The Bertz CT molecular complexity index is 1360. The Morgan fingerprint density at radius 3 is 2.30 bits per heavy atom. The molecule has 0 aromatic carbocycles. The maximum Gasteiger partial charge on any atom is 0.178 e. The molecule has 0 aromatic rings. The molecule has 4 fully saturated rings. The van der Waals surface area contributed by atoms with Crippen molar-refractivity contribution in [3.63, 3.8) is 0 Å². The van der Waals surface area contributed by atoms with Crippen molar-refractivity contribution in [3.8, 4) is 6.07 Å². The van der Waals surface area contributed by atoms with Crippen LogP contribution in [0.1, 0.15) is 106 Å². The molecule has 6 rings (SSSR count). The van der Waals surface area contributed by atoms with E-state index in [1.54, 1.807) is 0 Å². The fraction of sp³-hybridized carbons (Fsp3) is 0.757. The van der Waals surface area contributed by atoms with E-state index in [1.165, 1.54) is 0 Å². The van der Waals surface area contributed by atoms with Gasteiger partial charge in [-0.15, -0.1) is 0 Å². The van der Waals surface area contributed by atoms with Gasteiger partial charge >= 0.3 is 0 Å².